The second-order valence-electron chi connectivity index (χ2n) is 4.00. The van der Waals surface area contributed by atoms with Gasteiger partial charge in [0.1, 0.15) is 15.7 Å². The van der Waals surface area contributed by atoms with E-state index >= 15 is 0 Å². The average Bonchev–Trinajstić information content (AvgIpc) is 2.40. The van der Waals surface area contributed by atoms with E-state index < -0.39 is 15.8 Å². The standard InChI is InChI=1S/C12H9BrFN3O2S2/c13-7-3-9(6-16-5-7)21(18,19)17-8-1-2-11(14)10(4-8)12(15)20/h1-6,17H,(H2,15,20). The molecule has 1 aromatic heterocycles. The fourth-order valence-corrected chi connectivity index (χ4v) is 3.24. The number of halogens is 2. The van der Waals surface area contributed by atoms with Crippen molar-refractivity contribution in [3.63, 3.8) is 0 Å². The van der Waals surface area contributed by atoms with Crippen LogP contribution in [0.25, 0.3) is 0 Å². The molecule has 0 saturated heterocycles. The van der Waals surface area contributed by atoms with Gasteiger partial charge in [-0.3, -0.25) is 9.71 Å². The van der Waals surface area contributed by atoms with Crippen LogP contribution in [-0.2, 0) is 10.0 Å². The van der Waals surface area contributed by atoms with Crippen molar-refractivity contribution in [2.75, 3.05) is 4.72 Å². The monoisotopic (exact) mass is 389 g/mol. The van der Waals surface area contributed by atoms with E-state index in [1.54, 1.807) is 0 Å². The lowest BCUT2D eigenvalue weighted by molar-refractivity contribution is 0.600. The first-order chi connectivity index (χ1) is 9.79. The van der Waals surface area contributed by atoms with Gasteiger partial charge in [0.25, 0.3) is 10.0 Å². The maximum Gasteiger partial charge on any atom is 0.263 e. The van der Waals surface area contributed by atoms with Crippen LogP contribution in [0.4, 0.5) is 10.1 Å². The Bertz CT molecular complexity index is 812. The number of sulfonamides is 1. The van der Waals surface area contributed by atoms with Crippen molar-refractivity contribution in [3.8, 4) is 0 Å². The summed E-state index contributed by atoms with van der Waals surface area (Å²) >= 11 is 7.85. The molecule has 0 bridgehead atoms. The Morgan fingerprint density at radius 1 is 1.33 bits per heavy atom. The Kier molecular flexibility index (Phi) is 4.55. The summed E-state index contributed by atoms with van der Waals surface area (Å²) in [7, 11) is -3.84. The predicted octanol–water partition coefficient (Wildman–Crippen LogP) is 2.42. The van der Waals surface area contributed by atoms with Crippen molar-refractivity contribution in [3.05, 3.63) is 52.5 Å². The summed E-state index contributed by atoms with van der Waals surface area (Å²) in [6.45, 7) is 0. The molecule has 0 spiro atoms. The second-order valence-corrected chi connectivity index (χ2v) is 7.04. The van der Waals surface area contributed by atoms with Crippen molar-refractivity contribution in [2.24, 2.45) is 5.73 Å². The smallest absolute Gasteiger partial charge is 0.263 e. The van der Waals surface area contributed by atoms with Crippen LogP contribution in [0.1, 0.15) is 5.56 Å². The quantitative estimate of drug-likeness (QED) is 0.784. The first-order valence-corrected chi connectivity index (χ1v) is 8.21. The maximum atomic E-state index is 13.5. The molecule has 0 unspecified atom stereocenters. The molecule has 0 aliphatic carbocycles. The van der Waals surface area contributed by atoms with Gasteiger partial charge in [-0.2, -0.15) is 0 Å². The first-order valence-electron chi connectivity index (χ1n) is 5.52. The Morgan fingerprint density at radius 3 is 2.67 bits per heavy atom. The predicted molar refractivity (Wildman–Crippen MR) is 85.0 cm³/mol. The number of hydrogen-bond donors (Lipinski definition) is 2. The number of rotatable bonds is 4. The van der Waals surface area contributed by atoms with E-state index in [-0.39, 0.29) is 21.1 Å². The van der Waals surface area contributed by atoms with Crippen LogP contribution in [0.3, 0.4) is 0 Å². The number of nitrogens with one attached hydrogen (secondary N) is 1. The van der Waals surface area contributed by atoms with Crippen LogP contribution in [0.2, 0.25) is 0 Å². The highest BCUT2D eigenvalue weighted by atomic mass is 79.9. The zero-order valence-corrected chi connectivity index (χ0v) is 13.6. The molecule has 3 N–H and O–H groups in total. The van der Waals surface area contributed by atoms with E-state index in [4.69, 9.17) is 18.0 Å². The van der Waals surface area contributed by atoms with Crippen LogP contribution < -0.4 is 10.5 Å². The van der Waals surface area contributed by atoms with E-state index in [1.807, 2.05) is 0 Å². The van der Waals surface area contributed by atoms with E-state index in [0.29, 0.717) is 4.47 Å². The molecule has 0 radical (unpaired) electrons. The second kappa shape index (κ2) is 6.04. The Morgan fingerprint density at radius 2 is 2.05 bits per heavy atom. The molecule has 1 aromatic carbocycles. The number of thiocarbonyl (C=S) groups is 1. The zero-order valence-electron chi connectivity index (χ0n) is 10.4. The summed E-state index contributed by atoms with van der Waals surface area (Å²) in [6, 6.07) is 5.00. The minimum absolute atomic E-state index is 0.0296. The van der Waals surface area contributed by atoms with Crippen LogP contribution >= 0.6 is 28.1 Å². The lowest BCUT2D eigenvalue weighted by Gasteiger charge is -2.10. The van der Waals surface area contributed by atoms with Crippen molar-refractivity contribution >= 4 is 48.8 Å². The molecule has 0 amide bonds. The number of benzene rings is 1. The number of nitrogens with zero attached hydrogens (tertiary/aromatic N) is 1. The molecular formula is C12H9BrFN3O2S2. The van der Waals surface area contributed by atoms with Gasteiger partial charge in [-0.15, -0.1) is 0 Å². The molecule has 110 valence electrons. The highest BCUT2D eigenvalue weighted by Gasteiger charge is 2.16. The summed E-state index contributed by atoms with van der Waals surface area (Å²) in [4.78, 5) is 3.60. The number of aromatic nitrogens is 1. The Labute approximate surface area is 134 Å². The Balaban J connectivity index is 2.37. The van der Waals surface area contributed by atoms with Gasteiger partial charge < -0.3 is 5.73 Å². The van der Waals surface area contributed by atoms with Gasteiger partial charge in [0.15, 0.2) is 0 Å². The molecule has 9 heteroatoms. The minimum atomic E-state index is -3.84. The average molecular weight is 390 g/mol. The molecule has 5 nitrogen and oxygen atoms in total. The molecule has 0 saturated carbocycles. The summed E-state index contributed by atoms with van der Waals surface area (Å²) in [6.07, 6.45) is 2.66. The Hall–Kier alpha value is -1.58. The van der Waals surface area contributed by atoms with Gasteiger partial charge in [-0.05, 0) is 40.2 Å². The van der Waals surface area contributed by atoms with Gasteiger partial charge in [0.2, 0.25) is 0 Å². The summed E-state index contributed by atoms with van der Waals surface area (Å²) in [5.41, 5.74) is 5.50. The van der Waals surface area contributed by atoms with Crippen LogP contribution in [0, 0.1) is 5.82 Å². The third-order valence-electron chi connectivity index (χ3n) is 2.47. The van der Waals surface area contributed by atoms with Gasteiger partial charge in [0, 0.05) is 28.1 Å². The topological polar surface area (TPSA) is 85.1 Å². The molecule has 0 aliphatic rings. The maximum absolute atomic E-state index is 13.5. The molecule has 0 aliphatic heterocycles. The largest absolute Gasteiger partial charge is 0.389 e. The van der Waals surface area contributed by atoms with Crippen molar-refractivity contribution in [2.45, 2.75) is 4.90 Å². The number of anilines is 1. The lowest BCUT2D eigenvalue weighted by atomic mass is 10.2. The molecule has 0 atom stereocenters. The molecule has 2 aromatic rings. The van der Waals surface area contributed by atoms with E-state index in [9.17, 15) is 12.8 Å². The highest BCUT2D eigenvalue weighted by Crippen LogP contribution is 2.20. The highest BCUT2D eigenvalue weighted by molar-refractivity contribution is 9.10. The lowest BCUT2D eigenvalue weighted by Crippen LogP contribution is -2.16. The fourth-order valence-electron chi connectivity index (χ4n) is 1.53. The number of pyridine rings is 1. The minimum Gasteiger partial charge on any atom is -0.389 e. The van der Waals surface area contributed by atoms with E-state index in [2.05, 4.69) is 25.6 Å². The third-order valence-corrected chi connectivity index (χ3v) is 4.48. The molecule has 21 heavy (non-hydrogen) atoms. The molecular weight excluding hydrogens is 381 g/mol. The van der Waals surface area contributed by atoms with Crippen molar-refractivity contribution in [1.29, 1.82) is 0 Å². The van der Waals surface area contributed by atoms with Crippen LogP contribution in [0.5, 0.6) is 0 Å². The first kappa shape index (κ1) is 15.8. The third kappa shape index (κ3) is 3.74. The summed E-state index contributed by atoms with van der Waals surface area (Å²) in [5, 5.41) is 0. The van der Waals surface area contributed by atoms with E-state index in [1.165, 1.54) is 30.6 Å². The van der Waals surface area contributed by atoms with E-state index in [0.717, 1.165) is 6.07 Å². The summed E-state index contributed by atoms with van der Waals surface area (Å²) in [5.74, 6) is -0.616. The molecule has 1 heterocycles. The van der Waals surface area contributed by atoms with Gasteiger partial charge in [0.05, 0.1) is 0 Å². The normalized spacial score (nSPS) is 11.1. The van der Waals surface area contributed by atoms with Crippen molar-refractivity contribution in [1.82, 2.24) is 4.98 Å². The van der Waals surface area contributed by atoms with Gasteiger partial charge >= 0.3 is 0 Å². The fraction of sp³-hybridized carbons (Fsp3) is 0. The summed E-state index contributed by atoms with van der Waals surface area (Å²) < 4.78 is 40.7. The number of nitrogens with two attached hydrogens (primary N) is 1. The van der Waals surface area contributed by atoms with Crippen LogP contribution in [0.15, 0.2) is 46.0 Å². The SMILES string of the molecule is NC(=S)c1cc(NS(=O)(=O)c2cncc(Br)c2)ccc1F. The van der Waals surface area contributed by atoms with Gasteiger partial charge in [-0.1, -0.05) is 12.2 Å². The molecule has 0 fully saturated rings. The van der Waals surface area contributed by atoms with Crippen molar-refractivity contribution < 1.29 is 12.8 Å². The molecule has 2 rings (SSSR count). The van der Waals surface area contributed by atoms with Crippen LogP contribution in [-0.4, -0.2) is 18.4 Å². The number of hydrogen-bond acceptors (Lipinski definition) is 4. The zero-order chi connectivity index (χ0) is 15.6. The van der Waals surface area contributed by atoms with Gasteiger partial charge in [-0.25, -0.2) is 12.8 Å².